The van der Waals surface area contributed by atoms with E-state index in [1.807, 2.05) is 0 Å². The summed E-state index contributed by atoms with van der Waals surface area (Å²) in [6.07, 6.45) is 2.84. The Labute approximate surface area is 189 Å². The number of nitrogens with one attached hydrogen (secondary N) is 1. The Hall–Kier alpha value is -3.66. The summed E-state index contributed by atoms with van der Waals surface area (Å²) in [5, 5.41) is 7.11. The van der Waals surface area contributed by atoms with Crippen molar-refractivity contribution in [3.63, 3.8) is 0 Å². The molecule has 1 amide bonds. The topological polar surface area (TPSA) is 117 Å². The first-order chi connectivity index (χ1) is 15.3. The molecule has 0 bridgehead atoms. The molecule has 2 aromatic heterocycles. The van der Waals surface area contributed by atoms with Gasteiger partial charge in [0.2, 0.25) is 0 Å². The molecule has 11 heteroatoms. The van der Waals surface area contributed by atoms with Crippen LogP contribution in [0.3, 0.4) is 0 Å². The Kier molecular flexibility index (Phi) is 7.26. The number of rotatable bonds is 8. The third kappa shape index (κ3) is 5.33. The van der Waals surface area contributed by atoms with E-state index in [0.717, 1.165) is 0 Å². The van der Waals surface area contributed by atoms with Crippen LogP contribution in [0.5, 0.6) is 0 Å². The van der Waals surface area contributed by atoms with Gasteiger partial charge in [-0.25, -0.2) is 14.5 Å². The lowest BCUT2D eigenvalue weighted by atomic mass is 10.2. The van der Waals surface area contributed by atoms with Crippen LogP contribution >= 0.6 is 11.6 Å². The van der Waals surface area contributed by atoms with Crippen molar-refractivity contribution in [1.82, 2.24) is 19.3 Å². The number of anilines is 1. The first-order valence-electron chi connectivity index (χ1n) is 9.74. The van der Waals surface area contributed by atoms with Crippen molar-refractivity contribution in [2.75, 3.05) is 18.5 Å². The molecule has 0 atom stereocenters. The smallest absolute Gasteiger partial charge is 0.339 e. The monoisotopic (exact) mass is 459 g/mol. The number of benzene rings is 1. The molecule has 0 saturated carbocycles. The summed E-state index contributed by atoms with van der Waals surface area (Å²) in [6.45, 7) is 4.81. The molecule has 3 aromatic rings. The van der Waals surface area contributed by atoms with Crippen LogP contribution in [0.1, 0.15) is 28.7 Å². The predicted octanol–water partition coefficient (Wildman–Crippen LogP) is 2.70. The molecule has 2 heterocycles. The van der Waals surface area contributed by atoms with E-state index in [-0.39, 0.29) is 13.2 Å². The van der Waals surface area contributed by atoms with Crippen molar-refractivity contribution in [2.24, 2.45) is 0 Å². The van der Waals surface area contributed by atoms with Gasteiger partial charge in [-0.2, -0.15) is 5.10 Å². The van der Waals surface area contributed by atoms with Crippen LogP contribution in [0, 0.1) is 13.8 Å². The molecule has 32 heavy (non-hydrogen) atoms. The molecule has 3 rings (SSSR count). The number of halogens is 1. The fourth-order valence-electron chi connectivity index (χ4n) is 3.11. The van der Waals surface area contributed by atoms with Gasteiger partial charge in [0.15, 0.2) is 6.61 Å². The zero-order chi connectivity index (χ0) is 23.3. The minimum atomic E-state index is -0.625. The first kappa shape index (κ1) is 23.0. The second kappa shape index (κ2) is 10.1. The van der Waals surface area contributed by atoms with Crippen LogP contribution in [0.25, 0.3) is 5.69 Å². The van der Waals surface area contributed by atoms with Gasteiger partial charge in [0.25, 0.3) is 5.91 Å². The third-order valence-corrected chi connectivity index (χ3v) is 4.85. The zero-order valence-corrected chi connectivity index (χ0v) is 18.5. The second-order valence-corrected chi connectivity index (χ2v) is 7.24. The maximum Gasteiger partial charge on any atom is 0.339 e. The number of carbonyl (C=O) groups excluding carboxylic acids is 3. The van der Waals surface area contributed by atoms with Crippen LogP contribution in [-0.4, -0.2) is 50.4 Å². The molecule has 0 radical (unpaired) electrons. The quantitative estimate of drug-likeness (QED) is 0.514. The predicted molar refractivity (Wildman–Crippen MR) is 116 cm³/mol. The van der Waals surface area contributed by atoms with E-state index >= 15 is 0 Å². The average Bonchev–Trinajstić information content (AvgIpc) is 3.37. The maximum absolute atomic E-state index is 12.4. The standard InChI is InChI=1S/C21H22ClN5O5/c1-4-31-21(30)16-7-13(2)26(14(16)3)9-20(29)32-10-19(28)25-17-8-15(22)5-6-18(17)27-12-23-11-24-27/h5-8,11-12H,4,9-10H2,1-3H3,(H,25,28). The lowest BCUT2D eigenvalue weighted by molar-refractivity contribution is -0.147. The molecule has 168 valence electrons. The molecule has 0 spiro atoms. The van der Waals surface area contributed by atoms with Gasteiger partial charge in [0.1, 0.15) is 19.2 Å². The van der Waals surface area contributed by atoms with E-state index in [4.69, 9.17) is 21.1 Å². The molecule has 10 nitrogen and oxygen atoms in total. The molecule has 0 aliphatic rings. The Morgan fingerprint density at radius 1 is 1.16 bits per heavy atom. The molecule has 0 aliphatic carbocycles. The number of aromatic nitrogens is 4. The van der Waals surface area contributed by atoms with E-state index in [1.54, 1.807) is 49.6 Å². The maximum atomic E-state index is 12.4. The highest BCUT2D eigenvalue weighted by Gasteiger charge is 2.19. The highest BCUT2D eigenvalue weighted by molar-refractivity contribution is 6.31. The fraction of sp³-hybridized carbons (Fsp3) is 0.286. The molecule has 0 saturated heterocycles. The van der Waals surface area contributed by atoms with Crippen LogP contribution in [0.2, 0.25) is 5.02 Å². The van der Waals surface area contributed by atoms with Crippen LogP contribution in [-0.2, 0) is 25.6 Å². The van der Waals surface area contributed by atoms with E-state index < -0.39 is 24.5 Å². The zero-order valence-electron chi connectivity index (χ0n) is 17.8. The van der Waals surface area contributed by atoms with E-state index in [1.165, 1.54) is 17.3 Å². The number of carbonyl (C=O) groups is 3. The number of hydrogen-bond donors (Lipinski definition) is 1. The van der Waals surface area contributed by atoms with E-state index in [0.29, 0.717) is 33.3 Å². The van der Waals surface area contributed by atoms with Crippen molar-refractivity contribution < 1.29 is 23.9 Å². The van der Waals surface area contributed by atoms with Gasteiger partial charge in [-0.1, -0.05) is 11.6 Å². The fourth-order valence-corrected chi connectivity index (χ4v) is 3.28. The molecular formula is C21H22ClN5O5. The minimum Gasteiger partial charge on any atom is -0.462 e. The SMILES string of the molecule is CCOC(=O)c1cc(C)n(CC(=O)OCC(=O)Nc2cc(Cl)ccc2-n2cncn2)c1C. The third-order valence-electron chi connectivity index (χ3n) is 4.62. The molecular weight excluding hydrogens is 438 g/mol. The van der Waals surface area contributed by atoms with Gasteiger partial charge in [0, 0.05) is 16.4 Å². The number of esters is 2. The number of ether oxygens (including phenoxy) is 2. The molecule has 1 aromatic carbocycles. The van der Waals surface area contributed by atoms with Crippen LogP contribution < -0.4 is 5.32 Å². The van der Waals surface area contributed by atoms with Crippen LogP contribution in [0.4, 0.5) is 5.69 Å². The van der Waals surface area contributed by atoms with Gasteiger partial charge in [0.05, 0.1) is 23.5 Å². The molecule has 1 N–H and O–H groups in total. The van der Waals surface area contributed by atoms with Crippen LogP contribution in [0.15, 0.2) is 36.9 Å². The summed E-state index contributed by atoms with van der Waals surface area (Å²) in [7, 11) is 0. The number of aryl methyl sites for hydroxylation is 1. The minimum absolute atomic E-state index is 0.147. The van der Waals surface area contributed by atoms with Gasteiger partial charge in [-0.05, 0) is 45.0 Å². The lowest BCUT2D eigenvalue weighted by Crippen LogP contribution is -2.24. The number of amides is 1. The number of hydrogen-bond acceptors (Lipinski definition) is 7. The van der Waals surface area contributed by atoms with Gasteiger partial charge in [-0.3, -0.25) is 9.59 Å². The van der Waals surface area contributed by atoms with Gasteiger partial charge >= 0.3 is 11.9 Å². The Bertz CT molecular complexity index is 1140. The van der Waals surface area contributed by atoms with E-state index in [2.05, 4.69) is 15.4 Å². The molecule has 0 fully saturated rings. The molecule has 0 aliphatic heterocycles. The summed E-state index contributed by atoms with van der Waals surface area (Å²) in [5.41, 5.74) is 2.61. The Morgan fingerprint density at radius 3 is 2.62 bits per heavy atom. The van der Waals surface area contributed by atoms with Crippen molar-refractivity contribution >= 4 is 35.1 Å². The number of nitrogens with zero attached hydrogens (tertiary/aromatic N) is 4. The summed E-state index contributed by atoms with van der Waals surface area (Å²) in [6, 6.07) is 6.54. The average molecular weight is 460 g/mol. The normalized spacial score (nSPS) is 10.6. The second-order valence-electron chi connectivity index (χ2n) is 6.80. The van der Waals surface area contributed by atoms with Gasteiger partial charge < -0.3 is 19.4 Å². The Morgan fingerprint density at radius 2 is 1.94 bits per heavy atom. The highest BCUT2D eigenvalue weighted by atomic mass is 35.5. The van der Waals surface area contributed by atoms with Crippen molar-refractivity contribution in [1.29, 1.82) is 0 Å². The van der Waals surface area contributed by atoms with Crippen molar-refractivity contribution in [2.45, 2.75) is 27.3 Å². The van der Waals surface area contributed by atoms with Crippen molar-refractivity contribution in [3.05, 3.63) is 58.9 Å². The summed E-state index contributed by atoms with van der Waals surface area (Å²) >= 11 is 6.04. The first-order valence-corrected chi connectivity index (χ1v) is 10.1. The van der Waals surface area contributed by atoms with Gasteiger partial charge in [-0.15, -0.1) is 0 Å². The summed E-state index contributed by atoms with van der Waals surface area (Å²) < 4.78 is 13.2. The Balaban J connectivity index is 1.62. The van der Waals surface area contributed by atoms with Crippen molar-refractivity contribution in [3.8, 4) is 5.69 Å². The molecule has 0 unspecified atom stereocenters. The van der Waals surface area contributed by atoms with E-state index in [9.17, 15) is 14.4 Å². The summed E-state index contributed by atoms with van der Waals surface area (Å²) in [5.74, 6) is -1.63. The highest BCUT2D eigenvalue weighted by Crippen LogP contribution is 2.24. The summed E-state index contributed by atoms with van der Waals surface area (Å²) in [4.78, 5) is 40.6. The lowest BCUT2D eigenvalue weighted by Gasteiger charge is -2.12. The largest absolute Gasteiger partial charge is 0.462 e.